The minimum Gasteiger partial charge on any atom is -0.382 e. The van der Waals surface area contributed by atoms with Gasteiger partial charge >= 0.3 is 10.1 Å². The Bertz CT molecular complexity index is 1030. The van der Waals surface area contributed by atoms with Crippen LogP contribution < -0.4 is 9.08 Å². The molecule has 3 rings (SSSR count). The predicted molar refractivity (Wildman–Crippen MR) is 104 cm³/mol. The van der Waals surface area contributed by atoms with Crippen molar-refractivity contribution in [3.05, 3.63) is 64.8 Å². The number of carbonyl (C=O) groups is 1. The van der Waals surface area contributed by atoms with Crippen LogP contribution in [0.1, 0.15) is 5.56 Å². The minimum absolute atomic E-state index is 0.0686. The van der Waals surface area contributed by atoms with Crippen molar-refractivity contribution in [3.8, 4) is 5.75 Å². The number of rotatable bonds is 4. The van der Waals surface area contributed by atoms with Gasteiger partial charge in [0.2, 0.25) is 0 Å². The van der Waals surface area contributed by atoms with Gasteiger partial charge in [-0.1, -0.05) is 54.3 Å². The molecule has 0 spiro atoms. The zero-order chi connectivity index (χ0) is 18.9. The minimum atomic E-state index is -3.72. The van der Waals surface area contributed by atoms with Crippen LogP contribution in [0.2, 0.25) is 0 Å². The zero-order valence-corrected chi connectivity index (χ0v) is 15.8. The topological polar surface area (TPSA) is 63.7 Å². The molecule has 0 N–H and O–H groups in total. The van der Waals surface area contributed by atoms with Crippen molar-refractivity contribution in [2.45, 2.75) is 0 Å². The van der Waals surface area contributed by atoms with E-state index in [4.69, 9.17) is 16.4 Å². The molecule has 134 valence electrons. The molecule has 0 aliphatic carbocycles. The van der Waals surface area contributed by atoms with Crippen LogP contribution in [-0.4, -0.2) is 24.9 Å². The zero-order valence-electron chi connectivity index (χ0n) is 13.4. The lowest BCUT2D eigenvalue weighted by Gasteiger charge is -2.14. The summed E-state index contributed by atoms with van der Waals surface area (Å²) in [6.45, 7) is 0. The highest BCUT2D eigenvalue weighted by Gasteiger charge is 2.34. The highest BCUT2D eigenvalue weighted by atomic mass is 32.2. The van der Waals surface area contributed by atoms with Gasteiger partial charge in [-0.15, -0.1) is 0 Å². The number of thiocarbonyl (C=S) groups is 1. The molecule has 0 bridgehead atoms. The van der Waals surface area contributed by atoms with Gasteiger partial charge in [0.05, 0.1) is 16.8 Å². The van der Waals surface area contributed by atoms with Gasteiger partial charge in [-0.3, -0.25) is 9.69 Å². The van der Waals surface area contributed by atoms with E-state index in [2.05, 4.69) is 0 Å². The summed E-state index contributed by atoms with van der Waals surface area (Å²) >= 11 is 6.21. The van der Waals surface area contributed by atoms with Crippen LogP contribution in [0.4, 0.5) is 10.1 Å². The van der Waals surface area contributed by atoms with Gasteiger partial charge < -0.3 is 4.18 Å². The molecule has 1 aliphatic rings. The molecule has 5 nitrogen and oxygen atoms in total. The summed E-state index contributed by atoms with van der Waals surface area (Å²) < 4.78 is 41.9. The molecule has 26 heavy (non-hydrogen) atoms. The predicted octanol–water partition coefficient (Wildman–Crippen LogP) is 3.57. The van der Waals surface area contributed by atoms with Crippen LogP contribution in [0.15, 0.2) is 53.4 Å². The molecule has 2 aromatic carbocycles. The van der Waals surface area contributed by atoms with E-state index in [1.807, 2.05) is 0 Å². The quantitative estimate of drug-likeness (QED) is 0.437. The van der Waals surface area contributed by atoms with Gasteiger partial charge in [-0.2, -0.15) is 8.42 Å². The number of thioether (sulfide) groups is 1. The number of anilines is 1. The van der Waals surface area contributed by atoms with Crippen LogP contribution in [-0.2, 0) is 14.9 Å². The molecule has 0 saturated carbocycles. The maximum Gasteiger partial charge on any atom is 0.306 e. The fourth-order valence-electron chi connectivity index (χ4n) is 2.29. The molecular formula is C17H12FNO4S3. The number of hydrogen-bond acceptors (Lipinski definition) is 6. The molecule has 0 radical (unpaired) electrons. The first-order valence-corrected chi connectivity index (χ1v) is 10.3. The number of halogens is 1. The lowest BCUT2D eigenvalue weighted by Crippen LogP contribution is -2.28. The van der Waals surface area contributed by atoms with Crippen molar-refractivity contribution in [1.82, 2.24) is 0 Å². The van der Waals surface area contributed by atoms with E-state index in [-0.39, 0.29) is 20.7 Å². The molecule has 0 unspecified atom stereocenters. The number of hydrogen-bond donors (Lipinski definition) is 0. The second-order valence-corrected chi connectivity index (χ2v) is 8.54. The maximum atomic E-state index is 14.0. The van der Waals surface area contributed by atoms with E-state index < -0.39 is 21.8 Å². The molecule has 2 aromatic rings. The average Bonchev–Trinajstić information content (AvgIpc) is 2.83. The van der Waals surface area contributed by atoms with E-state index in [0.717, 1.165) is 22.9 Å². The summed E-state index contributed by atoms with van der Waals surface area (Å²) in [5.41, 5.74) is 0.464. The number of para-hydroxylation sites is 2. The third-order valence-electron chi connectivity index (χ3n) is 3.33. The summed E-state index contributed by atoms with van der Waals surface area (Å²) in [6, 6.07) is 12.2. The Hall–Kier alpha value is -2.23. The van der Waals surface area contributed by atoms with Crippen molar-refractivity contribution < 1.29 is 21.8 Å². The van der Waals surface area contributed by atoms with Crippen LogP contribution in [0.3, 0.4) is 0 Å². The van der Waals surface area contributed by atoms with Gasteiger partial charge in [-0.05, 0) is 24.3 Å². The third kappa shape index (κ3) is 3.95. The second-order valence-electron chi connectivity index (χ2n) is 5.29. The van der Waals surface area contributed by atoms with Crippen LogP contribution >= 0.6 is 24.0 Å². The smallest absolute Gasteiger partial charge is 0.306 e. The monoisotopic (exact) mass is 409 g/mol. The molecular weight excluding hydrogens is 397 g/mol. The molecule has 0 atom stereocenters. The molecule has 1 aliphatic heterocycles. The third-order valence-corrected chi connectivity index (χ3v) is 5.12. The highest BCUT2D eigenvalue weighted by molar-refractivity contribution is 8.27. The number of benzene rings is 2. The number of nitrogens with zero attached hydrogens (tertiary/aromatic N) is 1. The van der Waals surface area contributed by atoms with Crippen molar-refractivity contribution >= 4 is 56.1 Å². The highest BCUT2D eigenvalue weighted by Crippen LogP contribution is 2.38. The Labute approximate surface area is 159 Å². The first kappa shape index (κ1) is 18.6. The fraction of sp³-hybridized carbons (Fsp3) is 0.0588. The SMILES string of the molecule is CS(=O)(=O)Oc1ccccc1C=C1SC(=S)N(c2ccccc2F)C1=O. The number of amides is 1. The van der Waals surface area contributed by atoms with Crippen LogP contribution in [0, 0.1) is 5.82 Å². The van der Waals surface area contributed by atoms with E-state index in [9.17, 15) is 17.6 Å². The largest absolute Gasteiger partial charge is 0.382 e. The van der Waals surface area contributed by atoms with Crippen molar-refractivity contribution in [2.75, 3.05) is 11.2 Å². The van der Waals surface area contributed by atoms with Gasteiger partial charge in [-0.25, -0.2) is 4.39 Å². The molecule has 1 amide bonds. The fourth-order valence-corrected chi connectivity index (χ4v) is 4.04. The molecule has 9 heteroatoms. The van der Waals surface area contributed by atoms with Gasteiger partial charge in [0.1, 0.15) is 11.6 Å². The van der Waals surface area contributed by atoms with Crippen molar-refractivity contribution in [1.29, 1.82) is 0 Å². The van der Waals surface area contributed by atoms with Gasteiger partial charge in [0.15, 0.2) is 4.32 Å². The van der Waals surface area contributed by atoms with E-state index in [1.54, 1.807) is 24.3 Å². The standard InChI is InChI=1S/C17H12FNO4S3/c1-26(21,22)23-14-9-5-2-6-11(14)10-15-16(20)19(17(24)25-15)13-8-4-3-7-12(13)18/h2-10H,1H3. The summed E-state index contributed by atoms with van der Waals surface area (Å²) in [5, 5.41) is 0. The Morgan fingerprint density at radius 1 is 1.15 bits per heavy atom. The molecule has 1 heterocycles. The molecule has 1 saturated heterocycles. The summed E-state index contributed by atoms with van der Waals surface area (Å²) in [5.74, 6) is -0.962. The lowest BCUT2D eigenvalue weighted by molar-refractivity contribution is -0.113. The van der Waals surface area contributed by atoms with E-state index >= 15 is 0 Å². The Balaban J connectivity index is 1.98. The van der Waals surface area contributed by atoms with E-state index in [1.165, 1.54) is 30.3 Å². The summed E-state index contributed by atoms with van der Waals surface area (Å²) in [7, 11) is -3.72. The average molecular weight is 409 g/mol. The first-order chi connectivity index (χ1) is 12.3. The maximum absolute atomic E-state index is 14.0. The van der Waals surface area contributed by atoms with E-state index in [0.29, 0.717) is 5.56 Å². The number of carbonyl (C=O) groups excluding carboxylic acids is 1. The van der Waals surface area contributed by atoms with Gasteiger partial charge in [0, 0.05) is 5.56 Å². The van der Waals surface area contributed by atoms with Crippen molar-refractivity contribution in [3.63, 3.8) is 0 Å². The normalized spacial score (nSPS) is 16.4. The Morgan fingerprint density at radius 2 is 1.81 bits per heavy atom. The summed E-state index contributed by atoms with van der Waals surface area (Å²) in [4.78, 5) is 14.0. The van der Waals surface area contributed by atoms with Crippen molar-refractivity contribution in [2.24, 2.45) is 0 Å². The molecule has 0 aromatic heterocycles. The summed E-state index contributed by atoms with van der Waals surface area (Å²) in [6.07, 6.45) is 2.40. The van der Waals surface area contributed by atoms with Gasteiger partial charge in [0.25, 0.3) is 5.91 Å². The molecule has 1 fully saturated rings. The first-order valence-electron chi connectivity index (χ1n) is 7.27. The lowest BCUT2D eigenvalue weighted by atomic mass is 10.2. The second kappa shape index (κ2) is 7.18. The Kier molecular flexibility index (Phi) is 5.12. The van der Waals surface area contributed by atoms with Crippen LogP contribution in [0.25, 0.3) is 6.08 Å². The Morgan fingerprint density at radius 3 is 2.50 bits per heavy atom. The van der Waals surface area contributed by atoms with Crippen LogP contribution in [0.5, 0.6) is 5.75 Å².